The van der Waals surface area contributed by atoms with Crippen molar-refractivity contribution in [2.75, 3.05) is 5.73 Å². The van der Waals surface area contributed by atoms with Gasteiger partial charge in [0.1, 0.15) is 0 Å². The summed E-state index contributed by atoms with van der Waals surface area (Å²) in [6.07, 6.45) is 3.73. The maximum atomic E-state index is 5.93. The second kappa shape index (κ2) is 4.39. The smallest absolute Gasteiger partial charge is 0.0508 e. The third-order valence-corrected chi connectivity index (χ3v) is 3.42. The van der Waals surface area contributed by atoms with Gasteiger partial charge in [0.2, 0.25) is 0 Å². The van der Waals surface area contributed by atoms with Gasteiger partial charge in [-0.25, -0.2) is 0 Å². The van der Waals surface area contributed by atoms with Gasteiger partial charge < -0.3 is 5.73 Å². The molecule has 4 heteroatoms. The molecule has 0 amide bonds. The highest BCUT2D eigenvalue weighted by Gasteiger charge is 2.28. The van der Waals surface area contributed by atoms with Gasteiger partial charge in [0.05, 0.1) is 6.04 Å². The Kier molecular flexibility index (Phi) is 3.14. The zero-order valence-electron chi connectivity index (χ0n) is 8.54. The van der Waals surface area contributed by atoms with E-state index in [0.29, 0.717) is 10.9 Å². The van der Waals surface area contributed by atoms with Crippen LogP contribution in [0.1, 0.15) is 30.9 Å². The predicted octanol–water partition coefficient (Wildman–Crippen LogP) is 2.23. The van der Waals surface area contributed by atoms with Crippen molar-refractivity contribution in [1.82, 2.24) is 5.43 Å². The highest BCUT2D eigenvalue weighted by atomic mass is 35.5. The Morgan fingerprint density at radius 3 is 2.60 bits per heavy atom. The summed E-state index contributed by atoms with van der Waals surface area (Å²) in [5.41, 5.74) is 10.6. The van der Waals surface area contributed by atoms with Crippen molar-refractivity contribution >= 4 is 17.3 Å². The summed E-state index contributed by atoms with van der Waals surface area (Å²) < 4.78 is 0. The number of halogens is 1. The molecule has 0 radical (unpaired) electrons. The second-order valence-corrected chi connectivity index (χ2v) is 4.54. The first-order valence-corrected chi connectivity index (χ1v) is 5.61. The molecule has 0 bridgehead atoms. The number of hydrogen-bond acceptors (Lipinski definition) is 3. The fraction of sp³-hybridized carbons (Fsp3) is 0.455. The van der Waals surface area contributed by atoms with Gasteiger partial charge >= 0.3 is 0 Å². The minimum atomic E-state index is 0.163. The van der Waals surface area contributed by atoms with Gasteiger partial charge in [-0.05, 0) is 36.5 Å². The van der Waals surface area contributed by atoms with E-state index in [1.165, 1.54) is 19.3 Å². The molecule has 0 aliphatic heterocycles. The van der Waals surface area contributed by atoms with E-state index in [1.54, 1.807) is 6.07 Å². The number of benzene rings is 1. The Morgan fingerprint density at radius 2 is 2.13 bits per heavy atom. The van der Waals surface area contributed by atoms with Crippen LogP contribution in [0.4, 0.5) is 5.69 Å². The molecule has 1 atom stereocenters. The Morgan fingerprint density at radius 1 is 1.40 bits per heavy atom. The van der Waals surface area contributed by atoms with Crippen LogP contribution in [-0.2, 0) is 0 Å². The Labute approximate surface area is 94.8 Å². The van der Waals surface area contributed by atoms with Gasteiger partial charge in [0.15, 0.2) is 0 Å². The summed E-state index contributed by atoms with van der Waals surface area (Å²) in [4.78, 5) is 0. The zero-order valence-corrected chi connectivity index (χ0v) is 9.30. The van der Waals surface area contributed by atoms with Crippen molar-refractivity contribution in [3.05, 3.63) is 28.8 Å². The lowest BCUT2D eigenvalue weighted by molar-refractivity contribution is 0.233. The van der Waals surface area contributed by atoms with E-state index < -0.39 is 0 Å². The normalized spacial score (nSPS) is 18.5. The van der Waals surface area contributed by atoms with Crippen LogP contribution in [0, 0.1) is 5.92 Å². The summed E-state index contributed by atoms with van der Waals surface area (Å²) in [7, 11) is 0. The van der Waals surface area contributed by atoms with Crippen LogP contribution in [-0.4, -0.2) is 0 Å². The van der Waals surface area contributed by atoms with Crippen LogP contribution in [0.2, 0.25) is 5.02 Å². The summed E-state index contributed by atoms with van der Waals surface area (Å²) in [5.74, 6) is 6.19. The van der Waals surface area contributed by atoms with Crippen LogP contribution in [0.25, 0.3) is 0 Å². The molecule has 1 saturated carbocycles. The van der Waals surface area contributed by atoms with Crippen molar-refractivity contribution in [3.63, 3.8) is 0 Å². The third kappa shape index (κ3) is 2.09. The molecule has 0 aromatic heterocycles. The fourth-order valence-corrected chi connectivity index (χ4v) is 2.26. The van der Waals surface area contributed by atoms with Crippen LogP contribution < -0.4 is 17.0 Å². The lowest BCUT2D eigenvalue weighted by Crippen LogP contribution is -2.36. The topological polar surface area (TPSA) is 64.1 Å². The summed E-state index contributed by atoms with van der Waals surface area (Å²) >= 11 is 5.86. The summed E-state index contributed by atoms with van der Waals surface area (Å²) in [6, 6.07) is 5.76. The zero-order chi connectivity index (χ0) is 10.8. The van der Waals surface area contributed by atoms with Gasteiger partial charge in [-0.3, -0.25) is 11.3 Å². The van der Waals surface area contributed by atoms with E-state index in [2.05, 4.69) is 5.43 Å². The van der Waals surface area contributed by atoms with Gasteiger partial charge in [-0.1, -0.05) is 24.1 Å². The Balaban J connectivity index is 2.25. The first kappa shape index (κ1) is 10.7. The highest BCUT2D eigenvalue weighted by Crippen LogP contribution is 2.39. The quantitative estimate of drug-likeness (QED) is 0.420. The van der Waals surface area contributed by atoms with Crippen LogP contribution >= 0.6 is 11.6 Å². The first-order chi connectivity index (χ1) is 7.22. The predicted molar refractivity (Wildman–Crippen MR) is 63.3 cm³/mol. The number of nitrogens with one attached hydrogen (secondary N) is 1. The molecule has 15 heavy (non-hydrogen) atoms. The number of nitrogen functional groups attached to an aromatic ring is 1. The van der Waals surface area contributed by atoms with Crippen molar-refractivity contribution in [2.24, 2.45) is 11.8 Å². The third-order valence-electron chi connectivity index (χ3n) is 3.18. The van der Waals surface area contributed by atoms with E-state index in [-0.39, 0.29) is 6.04 Å². The molecule has 5 N–H and O–H groups in total. The lowest BCUT2D eigenvalue weighted by Gasteiger charge is -2.34. The first-order valence-electron chi connectivity index (χ1n) is 5.23. The molecule has 1 unspecified atom stereocenters. The van der Waals surface area contributed by atoms with Crippen LogP contribution in [0.15, 0.2) is 18.2 Å². The average Bonchev–Trinajstić information content (AvgIpc) is 2.12. The highest BCUT2D eigenvalue weighted by molar-refractivity contribution is 6.30. The van der Waals surface area contributed by atoms with Crippen LogP contribution in [0.3, 0.4) is 0 Å². The standard InChI is InChI=1S/C11H16ClN3/c12-8-4-5-9(10(13)6-8)11(15-14)7-2-1-3-7/h4-7,11,15H,1-3,13-14H2. The molecule has 1 aromatic carbocycles. The minimum absolute atomic E-state index is 0.163. The molecule has 3 nitrogen and oxygen atoms in total. The number of anilines is 1. The molecule has 1 fully saturated rings. The molecule has 82 valence electrons. The van der Waals surface area contributed by atoms with E-state index >= 15 is 0 Å². The molecule has 0 spiro atoms. The van der Waals surface area contributed by atoms with E-state index in [9.17, 15) is 0 Å². The van der Waals surface area contributed by atoms with Gasteiger partial charge in [-0.15, -0.1) is 0 Å². The fourth-order valence-electron chi connectivity index (χ4n) is 2.08. The minimum Gasteiger partial charge on any atom is -0.398 e. The van der Waals surface area contributed by atoms with E-state index in [1.807, 2.05) is 12.1 Å². The van der Waals surface area contributed by atoms with Crippen molar-refractivity contribution in [3.8, 4) is 0 Å². The largest absolute Gasteiger partial charge is 0.398 e. The maximum absolute atomic E-state index is 5.93. The molecule has 1 aliphatic rings. The second-order valence-electron chi connectivity index (χ2n) is 4.11. The molecule has 2 rings (SSSR count). The number of nitrogens with two attached hydrogens (primary N) is 2. The molecule has 1 aliphatic carbocycles. The molecular formula is C11H16ClN3. The van der Waals surface area contributed by atoms with Crippen molar-refractivity contribution < 1.29 is 0 Å². The van der Waals surface area contributed by atoms with Crippen LogP contribution in [0.5, 0.6) is 0 Å². The van der Waals surface area contributed by atoms with Gasteiger partial charge in [0, 0.05) is 10.7 Å². The van der Waals surface area contributed by atoms with Gasteiger partial charge in [0.25, 0.3) is 0 Å². The Bertz CT molecular complexity index is 350. The number of rotatable bonds is 3. The van der Waals surface area contributed by atoms with E-state index in [0.717, 1.165) is 11.3 Å². The maximum Gasteiger partial charge on any atom is 0.0508 e. The average molecular weight is 226 g/mol. The van der Waals surface area contributed by atoms with Crippen molar-refractivity contribution in [2.45, 2.75) is 25.3 Å². The molecule has 1 aromatic rings. The van der Waals surface area contributed by atoms with Gasteiger partial charge in [-0.2, -0.15) is 0 Å². The SMILES string of the molecule is NNC(c1ccc(Cl)cc1N)C1CCC1. The molecular weight excluding hydrogens is 210 g/mol. The number of hydrazine groups is 1. The number of hydrogen-bond donors (Lipinski definition) is 3. The summed E-state index contributed by atoms with van der Waals surface area (Å²) in [6.45, 7) is 0. The summed E-state index contributed by atoms with van der Waals surface area (Å²) in [5, 5.41) is 0.667. The lowest BCUT2D eigenvalue weighted by atomic mass is 9.77. The van der Waals surface area contributed by atoms with Crippen molar-refractivity contribution in [1.29, 1.82) is 0 Å². The van der Waals surface area contributed by atoms with E-state index in [4.69, 9.17) is 23.2 Å². The monoisotopic (exact) mass is 225 g/mol. The molecule has 0 saturated heterocycles. The molecule has 0 heterocycles. The Hall–Kier alpha value is -0.770.